The van der Waals surface area contributed by atoms with Crippen molar-refractivity contribution in [2.75, 3.05) is 38.2 Å². The topological polar surface area (TPSA) is 91.1 Å². The molecule has 0 unspecified atom stereocenters. The number of anilines is 1. The summed E-state index contributed by atoms with van der Waals surface area (Å²) >= 11 is 0. The first-order valence-corrected chi connectivity index (χ1v) is 12.6. The molecule has 9 heteroatoms. The Hall–Kier alpha value is -3.59. The molecule has 36 heavy (non-hydrogen) atoms. The molecule has 0 saturated carbocycles. The van der Waals surface area contributed by atoms with Crippen molar-refractivity contribution in [3.63, 3.8) is 0 Å². The van der Waals surface area contributed by atoms with E-state index in [2.05, 4.69) is 56.0 Å². The van der Waals surface area contributed by atoms with Gasteiger partial charge in [-0.25, -0.2) is 4.98 Å². The number of methoxy groups -OCH3 is 1. The van der Waals surface area contributed by atoms with Crippen LogP contribution in [0.15, 0.2) is 64.8 Å². The molecule has 3 heterocycles. The lowest BCUT2D eigenvalue weighted by molar-refractivity contribution is 0.259. The van der Waals surface area contributed by atoms with Crippen LogP contribution in [0.1, 0.15) is 53.5 Å². The molecule has 1 aromatic carbocycles. The number of hydrogen-bond acceptors (Lipinski definition) is 9. The monoisotopic (exact) mass is 492 g/mol. The van der Waals surface area contributed by atoms with E-state index >= 15 is 0 Å². The lowest BCUT2D eigenvalue weighted by Crippen LogP contribution is -2.44. The number of rotatable bonds is 5. The van der Waals surface area contributed by atoms with Crippen molar-refractivity contribution < 1.29 is 4.74 Å². The van der Waals surface area contributed by atoms with Gasteiger partial charge in [-0.05, 0) is 13.8 Å². The molecule has 194 valence electrons. The van der Waals surface area contributed by atoms with Crippen LogP contribution in [0.25, 0.3) is 11.3 Å². The van der Waals surface area contributed by atoms with Gasteiger partial charge in [-0.1, -0.05) is 65.0 Å². The van der Waals surface area contributed by atoms with Crippen molar-refractivity contribution in [3.8, 4) is 11.3 Å². The SMILES string of the molecule is C=C1C(OC)=CC(c2ccc(-c3cnc(N4CCNCC4)nn3)cc2)=NN1N=C(C)C.CC.CCC. The third kappa shape index (κ3) is 7.71. The molecule has 1 saturated heterocycles. The summed E-state index contributed by atoms with van der Waals surface area (Å²) in [5.74, 6) is 1.29. The minimum atomic E-state index is 0.593. The maximum atomic E-state index is 5.46. The van der Waals surface area contributed by atoms with Crippen LogP contribution < -0.4 is 10.2 Å². The van der Waals surface area contributed by atoms with Crippen molar-refractivity contribution in [3.05, 3.63) is 60.1 Å². The van der Waals surface area contributed by atoms with Crippen molar-refractivity contribution in [2.24, 2.45) is 10.2 Å². The molecule has 1 N–H and O–H groups in total. The Morgan fingerprint density at radius 3 is 2.19 bits per heavy atom. The van der Waals surface area contributed by atoms with Gasteiger partial charge in [0.25, 0.3) is 0 Å². The maximum absolute atomic E-state index is 5.46. The molecule has 2 aromatic rings. The van der Waals surface area contributed by atoms with Crippen LogP contribution in [0.3, 0.4) is 0 Å². The van der Waals surface area contributed by atoms with Gasteiger partial charge >= 0.3 is 0 Å². The number of allylic oxidation sites excluding steroid dienone is 1. The lowest BCUT2D eigenvalue weighted by atomic mass is 10.0. The minimum Gasteiger partial charge on any atom is -0.494 e. The van der Waals surface area contributed by atoms with Crippen LogP contribution >= 0.6 is 0 Å². The van der Waals surface area contributed by atoms with E-state index in [1.165, 1.54) is 11.5 Å². The normalized spacial score (nSPS) is 14.9. The number of aromatic nitrogens is 3. The predicted molar refractivity (Wildman–Crippen MR) is 149 cm³/mol. The number of benzene rings is 1. The molecule has 0 bridgehead atoms. The molecule has 0 radical (unpaired) electrons. The summed E-state index contributed by atoms with van der Waals surface area (Å²) in [5, 5.41) is 22.5. The van der Waals surface area contributed by atoms with E-state index in [-0.39, 0.29) is 0 Å². The van der Waals surface area contributed by atoms with Crippen LogP contribution in [0.5, 0.6) is 0 Å². The first-order chi connectivity index (χ1) is 17.5. The van der Waals surface area contributed by atoms with Gasteiger partial charge in [-0.15, -0.1) is 20.4 Å². The zero-order valence-corrected chi connectivity index (χ0v) is 22.7. The zero-order chi connectivity index (χ0) is 26.5. The average molecular weight is 493 g/mol. The Morgan fingerprint density at radius 1 is 1.06 bits per heavy atom. The Kier molecular flexibility index (Phi) is 11.7. The second-order valence-electron chi connectivity index (χ2n) is 8.15. The van der Waals surface area contributed by atoms with Crippen molar-refractivity contribution in [2.45, 2.75) is 48.0 Å². The molecule has 1 aromatic heterocycles. The number of nitrogens with zero attached hydrogens (tertiary/aromatic N) is 7. The van der Waals surface area contributed by atoms with Gasteiger partial charge < -0.3 is 15.0 Å². The molecule has 0 amide bonds. The highest BCUT2D eigenvalue weighted by atomic mass is 16.5. The smallest absolute Gasteiger partial charge is 0.245 e. The highest BCUT2D eigenvalue weighted by molar-refractivity contribution is 6.09. The van der Waals surface area contributed by atoms with E-state index < -0.39 is 0 Å². The molecular formula is C27H40N8O. The second kappa shape index (κ2) is 14.7. The van der Waals surface area contributed by atoms with E-state index in [1.54, 1.807) is 13.3 Å². The van der Waals surface area contributed by atoms with Gasteiger partial charge in [0.15, 0.2) is 0 Å². The standard InChI is InChI=1S/C22H26N8O.C3H8.C2H6/c1-15(2)27-30-16(3)21(31-4)13-19(28-30)17-5-7-18(8-6-17)20-14-24-22(26-25-20)29-11-9-23-10-12-29;1-3-2;1-2/h5-8,13-14,23H,3,9-12H2,1-2,4H3;3H2,1-2H3;1-2H3. The first kappa shape index (κ1) is 28.6. The van der Waals surface area contributed by atoms with E-state index in [0.717, 1.165) is 54.4 Å². The number of piperazine rings is 1. The van der Waals surface area contributed by atoms with Gasteiger partial charge in [-0.2, -0.15) is 5.10 Å². The fraction of sp³-hybridized carbons (Fsp3) is 0.444. The van der Waals surface area contributed by atoms with Crippen molar-refractivity contribution in [1.82, 2.24) is 25.6 Å². The largest absolute Gasteiger partial charge is 0.494 e. The second-order valence-corrected chi connectivity index (χ2v) is 8.15. The number of ether oxygens (including phenoxy) is 1. The molecule has 2 aliphatic heterocycles. The number of nitrogens with one attached hydrogen (secondary N) is 1. The number of hydrazone groups is 2. The molecular weight excluding hydrogens is 452 g/mol. The van der Waals surface area contributed by atoms with Crippen LogP contribution in [-0.2, 0) is 4.74 Å². The van der Waals surface area contributed by atoms with E-state index in [1.807, 2.05) is 58.0 Å². The molecule has 2 aliphatic rings. The highest BCUT2D eigenvalue weighted by Crippen LogP contribution is 2.24. The van der Waals surface area contributed by atoms with Gasteiger partial charge in [0.1, 0.15) is 17.2 Å². The summed E-state index contributed by atoms with van der Waals surface area (Å²) < 4.78 is 5.46. The van der Waals surface area contributed by atoms with Crippen LogP contribution in [0, 0.1) is 0 Å². The summed E-state index contributed by atoms with van der Waals surface area (Å²) in [6, 6.07) is 7.93. The quantitative estimate of drug-likeness (QED) is 0.597. The molecule has 0 atom stereocenters. The Bertz CT molecular complexity index is 1050. The van der Waals surface area contributed by atoms with Crippen LogP contribution in [0.2, 0.25) is 0 Å². The molecule has 1 fully saturated rings. The van der Waals surface area contributed by atoms with Crippen molar-refractivity contribution in [1.29, 1.82) is 0 Å². The zero-order valence-electron chi connectivity index (χ0n) is 22.7. The van der Waals surface area contributed by atoms with E-state index in [0.29, 0.717) is 17.4 Å². The van der Waals surface area contributed by atoms with Gasteiger partial charge in [0.2, 0.25) is 5.95 Å². The van der Waals surface area contributed by atoms with E-state index in [4.69, 9.17) is 4.74 Å². The van der Waals surface area contributed by atoms with E-state index in [9.17, 15) is 0 Å². The summed E-state index contributed by atoms with van der Waals surface area (Å²) in [5.41, 5.74) is 4.79. The lowest BCUT2D eigenvalue weighted by Gasteiger charge is -2.26. The highest BCUT2D eigenvalue weighted by Gasteiger charge is 2.20. The predicted octanol–water partition coefficient (Wildman–Crippen LogP) is 4.85. The van der Waals surface area contributed by atoms with Gasteiger partial charge in [0, 0.05) is 49.1 Å². The fourth-order valence-electron chi connectivity index (χ4n) is 3.31. The fourth-order valence-corrected chi connectivity index (χ4v) is 3.31. The Balaban J connectivity index is 0.000000850. The third-order valence-corrected chi connectivity index (χ3v) is 4.94. The summed E-state index contributed by atoms with van der Waals surface area (Å²) in [6.45, 7) is 19.7. The van der Waals surface area contributed by atoms with Gasteiger partial charge in [-0.3, -0.25) is 0 Å². The maximum Gasteiger partial charge on any atom is 0.245 e. The molecule has 0 spiro atoms. The Morgan fingerprint density at radius 2 is 1.67 bits per heavy atom. The minimum absolute atomic E-state index is 0.593. The molecule has 9 nitrogen and oxygen atoms in total. The van der Waals surface area contributed by atoms with Crippen molar-refractivity contribution >= 4 is 17.4 Å². The molecule has 0 aliphatic carbocycles. The summed E-state index contributed by atoms with van der Waals surface area (Å²) in [7, 11) is 1.61. The van der Waals surface area contributed by atoms with Crippen LogP contribution in [-0.4, -0.2) is 65.0 Å². The Labute approximate surface area is 215 Å². The van der Waals surface area contributed by atoms with Gasteiger partial charge in [0.05, 0.1) is 19.0 Å². The average Bonchev–Trinajstić information content (AvgIpc) is 2.92. The van der Waals surface area contributed by atoms with Crippen LogP contribution in [0.4, 0.5) is 5.95 Å². The summed E-state index contributed by atoms with van der Waals surface area (Å²) in [4.78, 5) is 6.64. The number of hydrogen-bond donors (Lipinski definition) is 1. The first-order valence-electron chi connectivity index (χ1n) is 12.6. The molecule has 4 rings (SSSR count). The summed E-state index contributed by atoms with van der Waals surface area (Å²) in [6.07, 6.45) is 4.88. The third-order valence-electron chi connectivity index (χ3n) is 4.94.